The Morgan fingerprint density at radius 3 is 2.78 bits per heavy atom. The van der Waals surface area contributed by atoms with Gasteiger partial charge in [-0.05, 0) is 12.5 Å². The summed E-state index contributed by atoms with van der Waals surface area (Å²) >= 11 is 0. The molecule has 2 heteroatoms. The zero-order chi connectivity index (χ0) is 6.36. The number of hydrogen-bond acceptors (Lipinski definition) is 2. The quantitative estimate of drug-likeness (QED) is 0.469. The van der Waals surface area contributed by atoms with Crippen LogP contribution in [0.15, 0.2) is 46.9 Å². The molecule has 0 aliphatic carbocycles. The summed E-state index contributed by atoms with van der Waals surface area (Å²) in [6.07, 6.45) is 12.1. The second kappa shape index (κ2) is 3.78. The van der Waals surface area contributed by atoms with Crippen molar-refractivity contribution in [2.45, 2.75) is 6.42 Å². The molecular formula is C7H8N2. The van der Waals surface area contributed by atoms with Crippen molar-refractivity contribution in [3.63, 3.8) is 0 Å². The van der Waals surface area contributed by atoms with E-state index in [1.54, 1.807) is 12.4 Å². The molecule has 1 aliphatic rings. The Morgan fingerprint density at radius 2 is 1.78 bits per heavy atom. The van der Waals surface area contributed by atoms with E-state index in [2.05, 4.69) is 10.2 Å². The first-order chi connectivity index (χ1) is 4.50. The van der Waals surface area contributed by atoms with Crippen LogP contribution in [0, 0.1) is 0 Å². The van der Waals surface area contributed by atoms with E-state index in [0.29, 0.717) is 0 Å². The molecule has 0 saturated carbocycles. The smallest absolute Gasteiger partial charge is 0.0495 e. The van der Waals surface area contributed by atoms with E-state index in [9.17, 15) is 0 Å². The first-order valence-electron chi connectivity index (χ1n) is 2.87. The van der Waals surface area contributed by atoms with E-state index in [-0.39, 0.29) is 0 Å². The first kappa shape index (κ1) is 5.95. The summed E-state index contributed by atoms with van der Waals surface area (Å²) in [6.45, 7) is 0. The van der Waals surface area contributed by atoms with Gasteiger partial charge in [-0.3, -0.25) is 0 Å². The van der Waals surface area contributed by atoms with Crippen LogP contribution < -0.4 is 0 Å². The minimum absolute atomic E-state index is 0.934. The van der Waals surface area contributed by atoms with Crippen molar-refractivity contribution in [3.05, 3.63) is 36.7 Å². The second-order valence-corrected chi connectivity index (χ2v) is 1.62. The monoisotopic (exact) mass is 120 g/mol. The fraction of sp³-hybridized carbons (Fsp3) is 0.143. The summed E-state index contributed by atoms with van der Waals surface area (Å²) in [6, 6.07) is 0. The molecule has 0 saturated heterocycles. The molecule has 0 radical (unpaired) electrons. The van der Waals surface area contributed by atoms with Gasteiger partial charge in [0, 0.05) is 12.4 Å². The number of nitrogens with zero attached hydrogens (tertiary/aromatic N) is 2. The van der Waals surface area contributed by atoms with Crippen LogP contribution in [0.5, 0.6) is 0 Å². The van der Waals surface area contributed by atoms with Crippen molar-refractivity contribution in [1.29, 1.82) is 0 Å². The zero-order valence-electron chi connectivity index (χ0n) is 5.07. The molecule has 0 unspecified atom stereocenters. The van der Waals surface area contributed by atoms with E-state index in [1.807, 2.05) is 24.3 Å². The molecule has 2 nitrogen and oxygen atoms in total. The van der Waals surface area contributed by atoms with E-state index in [0.717, 1.165) is 6.42 Å². The van der Waals surface area contributed by atoms with Gasteiger partial charge in [-0.15, -0.1) is 0 Å². The fourth-order valence-corrected chi connectivity index (χ4v) is 0.509. The van der Waals surface area contributed by atoms with E-state index >= 15 is 0 Å². The molecule has 1 heterocycles. The topological polar surface area (TPSA) is 24.7 Å². The highest BCUT2D eigenvalue weighted by Crippen LogP contribution is 1.91. The molecule has 0 amide bonds. The lowest BCUT2D eigenvalue weighted by molar-refractivity contribution is 1.21. The Kier molecular flexibility index (Phi) is 2.50. The van der Waals surface area contributed by atoms with Crippen LogP contribution in [0.1, 0.15) is 6.42 Å². The van der Waals surface area contributed by atoms with Gasteiger partial charge >= 0.3 is 0 Å². The molecule has 0 aromatic rings. The minimum Gasteiger partial charge on any atom is -0.160 e. The van der Waals surface area contributed by atoms with Gasteiger partial charge in [-0.2, -0.15) is 10.2 Å². The van der Waals surface area contributed by atoms with E-state index < -0.39 is 0 Å². The normalized spacial score (nSPS) is 20.4. The van der Waals surface area contributed by atoms with Crippen LogP contribution in [-0.2, 0) is 0 Å². The Labute approximate surface area is 54.3 Å². The molecule has 46 valence electrons. The molecule has 0 N–H and O–H groups in total. The van der Waals surface area contributed by atoms with Crippen LogP contribution in [0.2, 0.25) is 0 Å². The SMILES string of the molecule is C1=CC/C=C/N=NC=C1. The van der Waals surface area contributed by atoms with Crippen molar-refractivity contribution >= 4 is 0 Å². The summed E-state index contributed by atoms with van der Waals surface area (Å²) < 4.78 is 0. The van der Waals surface area contributed by atoms with Gasteiger partial charge < -0.3 is 0 Å². The average Bonchev–Trinajstić information content (AvgIpc) is 2.00. The second-order valence-electron chi connectivity index (χ2n) is 1.62. The Bertz CT molecular complexity index is 155. The van der Waals surface area contributed by atoms with Gasteiger partial charge in [0.1, 0.15) is 0 Å². The predicted molar refractivity (Wildman–Crippen MR) is 36.9 cm³/mol. The molecule has 0 aromatic carbocycles. The Hall–Kier alpha value is -1.18. The lowest BCUT2D eigenvalue weighted by atomic mass is 10.3. The van der Waals surface area contributed by atoms with Gasteiger partial charge in [0.05, 0.1) is 0 Å². The molecule has 0 fully saturated rings. The number of allylic oxidation sites excluding steroid dienone is 4. The summed E-state index contributed by atoms with van der Waals surface area (Å²) in [5.74, 6) is 0. The molecule has 0 aromatic heterocycles. The molecular weight excluding hydrogens is 112 g/mol. The van der Waals surface area contributed by atoms with Gasteiger partial charge in [0.25, 0.3) is 0 Å². The number of hydrogen-bond donors (Lipinski definition) is 0. The van der Waals surface area contributed by atoms with Crippen LogP contribution >= 0.6 is 0 Å². The van der Waals surface area contributed by atoms with Crippen molar-refractivity contribution in [2.24, 2.45) is 10.2 Å². The lowest BCUT2D eigenvalue weighted by Crippen LogP contribution is -1.53. The average molecular weight is 120 g/mol. The van der Waals surface area contributed by atoms with Crippen LogP contribution in [0.3, 0.4) is 0 Å². The Balaban J connectivity index is 2.60. The first-order valence-corrected chi connectivity index (χ1v) is 2.87. The zero-order valence-corrected chi connectivity index (χ0v) is 5.07. The van der Waals surface area contributed by atoms with Crippen molar-refractivity contribution in [3.8, 4) is 0 Å². The highest BCUT2D eigenvalue weighted by atomic mass is 15.1. The minimum atomic E-state index is 0.934. The fourth-order valence-electron chi connectivity index (χ4n) is 0.509. The maximum Gasteiger partial charge on any atom is 0.0495 e. The Morgan fingerprint density at radius 1 is 0.889 bits per heavy atom. The van der Waals surface area contributed by atoms with Crippen LogP contribution in [-0.4, -0.2) is 0 Å². The third-order valence-electron chi connectivity index (χ3n) is 0.911. The molecule has 0 bridgehead atoms. The predicted octanol–water partition coefficient (Wildman–Crippen LogP) is 2.43. The van der Waals surface area contributed by atoms with Crippen molar-refractivity contribution < 1.29 is 0 Å². The van der Waals surface area contributed by atoms with E-state index in [4.69, 9.17) is 0 Å². The molecule has 1 aliphatic heterocycles. The summed E-state index contributed by atoms with van der Waals surface area (Å²) in [4.78, 5) is 0. The molecule has 1 rings (SSSR count). The van der Waals surface area contributed by atoms with Gasteiger partial charge in [-0.25, -0.2) is 0 Å². The maximum atomic E-state index is 3.71. The number of azo groups is 1. The standard InChI is InChI=1S/C7H8N2/c1-2-4-6-8-9-7-5-3-1/h1-2,4-7H,3H2/b2-1?,6-4?,7-5+,9-8?. The summed E-state index contributed by atoms with van der Waals surface area (Å²) in [5, 5.41) is 7.41. The van der Waals surface area contributed by atoms with Crippen LogP contribution in [0.25, 0.3) is 0 Å². The van der Waals surface area contributed by atoms with Gasteiger partial charge in [-0.1, -0.05) is 18.2 Å². The third kappa shape index (κ3) is 2.59. The molecule has 0 atom stereocenters. The van der Waals surface area contributed by atoms with Gasteiger partial charge in [0.2, 0.25) is 0 Å². The molecule has 9 heavy (non-hydrogen) atoms. The highest BCUT2D eigenvalue weighted by Gasteiger charge is 1.71. The van der Waals surface area contributed by atoms with E-state index in [1.165, 1.54) is 0 Å². The lowest BCUT2D eigenvalue weighted by Gasteiger charge is -1.73. The van der Waals surface area contributed by atoms with Gasteiger partial charge in [0.15, 0.2) is 0 Å². The van der Waals surface area contributed by atoms with Crippen molar-refractivity contribution in [1.82, 2.24) is 0 Å². The summed E-state index contributed by atoms with van der Waals surface area (Å²) in [5.41, 5.74) is 0. The highest BCUT2D eigenvalue weighted by molar-refractivity contribution is 5.04. The summed E-state index contributed by atoms with van der Waals surface area (Å²) in [7, 11) is 0. The largest absolute Gasteiger partial charge is 0.160 e. The molecule has 0 spiro atoms. The van der Waals surface area contributed by atoms with Crippen molar-refractivity contribution in [2.75, 3.05) is 0 Å². The third-order valence-corrected chi connectivity index (χ3v) is 0.911. The number of rotatable bonds is 0. The maximum absolute atomic E-state index is 3.71. The van der Waals surface area contributed by atoms with Crippen LogP contribution in [0.4, 0.5) is 0 Å².